The zero-order valence-electron chi connectivity index (χ0n) is 19.6. The van der Waals surface area contributed by atoms with Crippen LogP contribution in [0.5, 0.6) is 0 Å². The van der Waals surface area contributed by atoms with Crippen molar-refractivity contribution in [1.29, 1.82) is 0 Å². The number of rotatable bonds is 7. The van der Waals surface area contributed by atoms with Crippen LogP contribution in [-0.2, 0) is 29.0 Å². The minimum Gasteiger partial charge on any atom is -0.379 e. The van der Waals surface area contributed by atoms with Crippen molar-refractivity contribution in [1.82, 2.24) is 30.3 Å². The summed E-state index contributed by atoms with van der Waals surface area (Å²) >= 11 is 0. The topological polar surface area (TPSA) is 88.8 Å². The molecule has 10 heteroatoms. The smallest absolute Gasteiger partial charge is 0.191 e. The standard InChI is InChI=1S/C22H39N7O2.HI/c1-3-23-21(25-18-7-8-20-26-19(16-30-2)27-29(20)15-18)24-17-22(9-5-4-6-10-22)28-11-13-31-14-12-28;/h18H,3-17H2,1-2H3,(H2,23,24,25);1H. The SMILES string of the molecule is CCNC(=NCC1(N2CCOCC2)CCCCC1)NC1CCc2nc(COC)nn2C1.I. The highest BCUT2D eigenvalue weighted by Crippen LogP contribution is 2.34. The fraction of sp³-hybridized carbons (Fsp3) is 0.864. The van der Waals surface area contributed by atoms with Crippen LogP contribution in [0.25, 0.3) is 0 Å². The Bertz CT molecular complexity index is 730. The quantitative estimate of drug-likeness (QED) is 0.299. The predicted octanol–water partition coefficient (Wildman–Crippen LogP) is 1.95. The number of aryl methyl sites for hydroxylation is 1. The number of nitrogens with zero attached hydrogens (tertiary/aromatic N) is 5. The van der Waals surface area contributed by atoms with E-state index in [1.54, 1.807) is 7.11 Å². The van der Waals surface area contributed by atoms with Gasteiger partial charge in [-0.1, -0.05) is 19.3 Å². The number of halogens is 1. The van der Waals surface area contributed by atoms with Crippen molar-refractivity contribution in [3.05, 3.63) is 11.6 Å². The van der Waals surface area contributed by atoms with E-state index in [2.05, 4.69) is 32.5 Å². The van der Waals surface area contributed by atoms with Gasteiger partial charge in [0.25, 0.3) is 0 Å². The van der Waals surface area contributed by atoms with E-state index in [-0.39, 0.29) is 29.5 Å². The molecule has 32 heavy (non-hydrogen) atoms. The fourth-order valence-electron chi connectivity index (χ4n) is 5.23. The van der Waals surface area contributed by atoms with Crippen LogP contribution in [0.1, 0.15) is 57.1 Å². The molecule has 0 bridgehead atoms. The van der Waals surface area contributed by atoms with Crippen molar-refractivity contribution in [3.63, 3.8) is 0 Å². The van der Waals surface area contributed by atoms with Gasteiger partial charge in [-0.15, -0.1) is 24.0 Å². The summed E-state index contributed by atoms with van der Waals surface area (Å²) in [5, 5.41) is 11.7. The Morgan fingerprint density at radius 3 is 2.75 bits per heavy atom. The van der Waals surface area contributed by atoms with Gasteiger partial charge in [0.15, 0.2) is 11.8 Å². The summed E-state index contributed by atoms with van der Waals surface area (Å²) in [6.07, 6.45) is 8.39. The summed E-state index contributed by atoms with van der Waals surface area (Å²) in [5.74, 6) is 2.75. The summed E-state index contributed by atoms with van der Waals surface area (Å²) in [5.41, 5.74) is 0.186. The maximum atomic E-state index is 5.62. The summed E-state index contributed by atoms with van der Waals surface area (Å²) < 4.78 is 12.8. The summed E-state index contributed by atoms with van der Waals surface area (Å²) in [6, 6.07) is 0.299. The molecule has 0 aromatic carbocycles. The number of guanidine groups is 1. The number of aromatic nitrogens is 3. The molecule has 2 fully saturated rings. The third-order valence-corrected chi connectivity index (χ3v) is 6.86. The van der Waals surface area contributed by atoms with Crippen LogP contribution in [0.3, 0.4) is 0 Å². The molecule has 1 aromatic heterocycles. The monoisotopic (exact) mass is 561 g/mol. The molecule has 1 saturated heterocycles. The number of hydrogen-bond donors (Lipinski definition) is 2. The number of fused-ring (bicyclic) bond motifs is 1. The van der Waals surface area contributed by atoms with Crippen molar-refractivity contribution < 1.29 is 9.47 Å². The summed E-state index contributed by atoms with van der Waals surface area (Å²) in [6.45, 7) is 8.85. The molecule has 3 heterocycles. The normalized spacial score (nSPS) is 23.8. The Morgan fingerprint density at radius 2 is 2.03 bits per heavy atom. The van der Waals surface area contributed by atoms with Gasteiger partial charge in [0.05, 0.1) is 26.3 Å². The molecule has 4 rings (SSSR count). The molecule has 1 unspecified atom stereocenters. The number of hydrogen-bond acceptors (Lipinski definition) is 6. The van der Waals surface area contributed by atoms with Crippen molar-refractivity contribution in [3.8, 4) is 0 Å². The number of aliphatic imine (C=N–C) groups is 1. The number of morpholine rings is 1. The number of ether oxygens (including phenoxy) is 2. The lowest BCUT2D eigenvalue weighted by Crippen LogP contribution is -2.57. The Morgan fingerprint density at radius 1 is 1.25 bits per heavy atom. The molecule has 1 aliphatic carbocycles. The Labute approximate surface area is 209 Å². The highest BCUT2D eigenvalue weighted by Gasteiger charge is 2.38. The van der Waals surface area contributed by atoms with Crippen LogP contribution in [0, 0.1) is 0 Å². The van der Waals surface area contributed by atoms with Gasteiger partial charge in [0.2, 0.25) is 0 Å². The first kappa shape index (κ1) is 25.6. The molecule has 1 aromatic rings. The molecule has 0 spiro atoms. The zero-order chi connectivity index (χ0) is 21.5. The molecular formula is C22H40IN7O2. The molecule has 182 valence electrons. The Balaban J connectivity index is 0.00000289. The average molecular weight is 562 g/mol. The van der Waals surface area contributed by atoms with E-state index in [9.17, 15) is 0 Å². The lowest BCUT2D eigenvalue weighted by Gasteiger charge is -2.47. The largest absolute Gasteiger partial charge is 0.379 e. The van der Waals surface area contributed by atoms with Gasteiger partial charge in [-0.2, -0.15) is 5.10 Å². The predicted molar refractivity (Wildman–Crippen MR) is 136 cm³/mol. The molecule has 2 aliphatic heterocycles. The van der Waals surface area contributed by atoms with Gasteiger partial charge in [0.1, 0.15) is 12.4 Å². The second kappa shape index (κ2) is 12.5. The van der Waals surface area contributed by atoms with E-state index in [1.165, 1.54) is 32.1 Å². The maximum absolute atomic E-state index is 5.62. The zero-order valence-corrected chi connectivity index (χ0v) is 22.0. The second-order valence-electron chi connectivity index (χ2n) is 9.02. The first-order valence-corrected chi connectivity index (χ1v) is 12.0. The molecule has 0 amide bonds. The van der Waals surface area contributed by atoms with E-state index in [1.807, 2.05) is 4.68 Å². The van der Waals surface area contributed by atoms with Gasteiger partial charge >= 0.3 is 0 Å². The third-order valence-electron chi connectivity index (χ3n) is 6.86. The number of nitrogens with one attached hydrogen (secondary N) is 2. The van der Waals surface area contributed by atoms with Gasteiger partial charge in [-0.05, 0) is 26.2 Å². The lowest BCUT2D eigenvalue weighted by molar-refractivity contribution is -0.0333. The van der Waals surface area contributed by atoms with E-state index in [4.69, 9.17) is 14.5 Å². The van der Waals surface area contributed by atoms with E-state index in [0.717, 1.165) is 76.4 Å². The van der Waals surface area contributed by atoms with E-state index >= 15 is 0 Å². The van der Waals surface area contributed by atoms with Crippen molar-refractivity contribution in [2.75, 3.05) is 46.5 Å². The van der Waals surface area contributed by atoms with Crippen molar-refractivity contribution >= 4 is 29.9 Å². The lowest BCUT2D eigenvalue weighted by atomic mass is 9.80. The van der Waals surface area contributed by atoms with Gasteiger partial charge < -0.3 is 20.1 Å². The van der Waals surface area contributed by atoms with Crippen LogP contribution in [-0.4, -0.2) is 83.7 Å². The van der Waals surface area contributed by atoms with E-state index in [0.29, 0.717) is 12.6 Å². The summed E-state index contributed by atoms with van der Waals surface area (Å²) in [4.78, 5) is 12.4. The van der Waals surface area contributed by atoms with Crippen molar-refractivity contribution in [2.24, 2.45) is 4.99 Å². The molecular weight excluding hydrogens is 521 g/mol. The first-order chi connectivity index (χ1) is 15.2. The van der Waals surface area contributed by atoms with Crippen LogP contribution in [0.2, 0.25) is 0 Å². The highest BCUT2D eigenvalue weighted by molar-refractivity contribution is 14.0. The van der Waals surface area contributed by atoms with Crippen molar-refractivity contribution in [2.45, 2.75) is 76.6 Å². The van der Waals surface area contributed by atoms with Gasteiger partial charge in [-0.25, -0.2) is 9.67 Å². The fourth-order valence-corrected chi connectivity index (χ4v) is 5.23. The van der Waals surface area contributed by atoms with Gasteiger partial charge in [0, 0.05) is 44.7 Å². The summed E-state index contributed by atoms with van der Waals surface area (Å²) in [7, 11) is 1.68. The molecule has 9 nitrogen and oxygen atoms in total. The minimum absolute atomic E-state index is 0. The van der Waals surface area contributed by atoms with Crippen LogP contribution in [0.15, 0.2) is 4.99 Å². The Kier molecular flexibility index (Phi) is 9.99. The van der Waals surface area contributed by atoms with Crippen LogP contribution in [0.4, 0.5) is 0 Å². The highest BCUT2D eigenvalue weighted by atomic mass is 127. The Hall–Kier alpha value is -0.980. The van der Waals surface area contributed by atoms with Gasteiger partial charge in [-0.3, -0.25) is 9.89 Å². The second-order valence-corrected chi connectivity index (χ2v) is 9.02. The van der Waals surface area contributed by atoms with Crippen LogP contribution >= 0.6 is 24.0 Å². The first-order valence-electron chi connectivity index (χ1n) is 12.0. The molecule has 3 aliphatic rings. The number of methoxy groups -OCH3 is 1. The van der Waals surface area contributed by atoms with Crippen LogP contribution < -0.4 is 10.6 Å². The molecule has 1 saturated carbocycles. The maximum Gasteiger partial charge on any atom is 0.191 e. The molecule has 0 radical (unpaired) electrons. The molecule has 1 atom stereocenters. The van der Waals surface area contributed by atoms with E-state index < -0.39 is 0 Å². The minimum atomic E-state index is 0. The molecule has 2 N–H and O–H groups in total. The average Bonchev–Trinajstić information content (AvgIpc) is 3.21. The third kappa shape index (κ3) is 6.32.